The SMILES string of the molecule is COc1ccc(NC(C)=O)c(OC[C@@](C)(O)CNC2CCN(Cc3ccc(Cl)cc3)CC2)c1.O=C(O)C(F)(F)F.O=C(O)C(F)(F)F. The van der Waals surface area contributed by atoms with Gasteiger partial charge in [0.1, 0.15) is 23.7 Å². The zero-order valence-corrected chi connectivity index (χ0v) is 26.3. The first-order valence-corrected chi connectivity index (χ1v) is 14.1. The normalized spacial score (nSPS) is 15.1. The number of ether oxygens (including phenoxy) is 2. The first-order chi connectivity index (χ1) is 21.6. The van der Waals surface area contributed by atoms with Crippen molar-refractivity contribution in [3.63, 3.8) is 0 Å². The van der Waals surface area contributed by atoms with Gasteiger partial charge in [-0.1, -0.05) is 23.7 Å². The number of carbonyl (C=O) groups is 3. The number of anilines is 1. The summed E-state index contributed by atoms with van der Waals surface area (Å²) in [7, 11) is 1.57. The van der Waals surface area contributed by atoms with Gasteiger partial charge in [-0.25, -0.2) is 9.59 Å². The Balaban J connectivity index is 0.000000658. The van der Waals surface area contributed by atoms with Crippen molar-refractivity contribution in [2.45, 2.75) is 57.2 Å². The Morgan fingerprint density at radius 1 is 0.957 bits per heavy atom. The highest BCUT2D eigenvalue weighted by atomic mass is 35.5. The average Bonchev–Trinajstić information content (AvgIpc) is 2.97. The van der Waals surface area contributed by atoms with Gasteiger partial charge in [0.2, 0.25) is 5.91 Å². The minimum absolute atomic E-state index is 0.0785. The fourth-order valence-corrected chi connectivity index (χ4v) is 3.96. The third-order valence-electron chi connectivity index (χ3n) is 6.20. The number of carbonyl (C=O) groups excluding carboxylic acids is 1. The van der Waals surface area contributed by atoms with Gasteiger partial charge in [-0.05, 0) is 62.7 Å². The fourth-order valence-electron chi connectivity index (χ4n) is 3.83. The Kier molecular flexibility index (Phi) is 16.2. The molecule has 0 aliphatic carbocycles. The van der Waals surface area contributed by atoms with Gasteiger partial charge in [0.25, 0.3) is 0 Å². The maximum atomic E-state index is 11.5. The summed E-state index contributed by atoms with van der Waals surface area (Å²) in [5.41, 5.74) is 0.735. The highest BCUT2D eigenvalue weighted by Crippen LogP contribution is 2.30. The molecule has 0 radical (unpaired) electrons. The van der Waals surface area contributed by atoms with Crippen molar-refractivity contribution in [2.24, 2.45) is 0 Å². The molecule has 1 aliphatic rings. The molecule has 0 bridgehead atoms. The number of halogens is 7. The van der Waals surface area contributed by atoms with Crippen molar-refractivity contribution in [3.8, 4) is 11.5 Å². The number of hydrogen-bond acceptors (Lipinski definition) is 8. The number of amides is 1. The molecule has 0 spiro atoms. The van der Waals surface area contributed by atoms with E-state index in [1.54, 1.807) is 32.2 Å². The number of rotatable bonds is 10. The average molecular weight is 704 g/mol. The number of carboxylic acids is 2. The number of hydrogen-bond donors (Lipinski definition) is 5. The van der Waals surface area contributed by atoms with Gasteiger partial charge in [-0.2, -0.15) is 26.3 Å². The minimum atomic E-state index is -5.08. The fraction of sp³-hybridized carbons (Fsp3) is 0.483. The molecule has 1 heterocycles. The third kappa shape index (κ3) is 17.1. The van der Waals surface area contributed by atoms with Gasteiger partial charge in [-0.3, -0.25) is 9.69 Å². The lowest BCUT2D eigenvalue weighted by molar-refractivity contribution is -0.193. The summed E-state index contributed by atoms with van der Waals surface area (Å²) in [4.78, 5) is 31.7. The molecule has 5 N–H and O–H groups in total. The third-order valence-corrected chi connectivity index (χ3v) is 6.45. The summed E-state index contributed by atoms with van der Waals surface area (Å²) in [6.07, 6.45) is -8.12. The second-order valence-corrected chi connectivity index (χ2v) is 10.9. The first-order valence-electron chi connectivity index (χ1n) is 13.7. The highest BCUT2D eigenvalue weighted by molar-refractivity contribution is 6.30. The molecular formula is C29H36ClF6N3O8. The number of likely N-dealkylation sites (tertiary alicyclic amines) is 1. The van der Waals surface area contributed by atoms with E-state index in [-0.39, 0.29) is 12.5 Å². The van der Waals surface area contributed by atoms with Crippen molar-refractivity contribution >= 4 is 35.1 Å². The Labute approximate surface area is 271 Å². The number of piperidine rings is 1. The minimum Gasteiger partial charge on any atom is -0.497 e. The number of alkyl halides is 6. The molecule has 1 atom stereocenters. The highest BCUT2D eigenvalue weighted by Gasteiger charge is 2.39. The number of aliphatic carboxylic acids is 2. The predicted molar refractivity (Wildman–Crippen MR) is 159 cm³/mol. The first kappa shape index (κ1) is 41.2. The van der Waals surface area contributed by atoms with Gasteiger partial charge < -0.3 is 35.4 Å². The summed E-state index contributed by atoms with van der Waals surface area (Å²) < 4.78 is 74.6. The molecule has 0 unspecified atom stereocenters. The number of nitrogens with one attached hydrogen (secondary N) is 2. The van der Waals surface area contributed by atoms with Gasteiger partial charge in [0, 0.05) is 37.1 Å². The van der Waals surface area contributed by atoms with Crippen LogP contribution in [0.5, 0.6) is 11.5 Å². The van der Waals surface area contributed by atoms with E-state index in [2.05, 4.69) is 27.7 Å². The van der Waals surface area contributed by atoms with Crippen LogP contribution in [0.2, 0.25) is 5.02 Å². The summed E-state index contributed by atoms with van der Waals surface area (Å²) in [6, 6.07) is 13.5. The predicted octanol–water partition coefficient (Wildman–Crippen LogP) is 4.96. The lowest BCUT2D eigenvalue weighted by Gasteiger charge is -2.34. The molecule has 2 aromatic carbocycles. The van der Waals surface area contributed by atoms with Crippen molar-refractivity contribution in [3.05, 3.63) is 53.1 Å². The largest absolute Gasteiger partial charge is 0.497 e. The van der Waals surface area contributed by atoms with E-state index in [0.29, 0.717) is 29.8 Å². The van der Waals surface area contributed by atoms with Crippen LogP contribution in [0.25, 0.3) is 0 Å². The number of methoxy groups -OCH3 is 1. The van der Waals surface area contributed by atoms with Gasteiger partial charge in [0.15, 0.2) is 0 Å². The number of carboxylic acid groups (broad SMARTS) is 2. The molecule has 0 aromatic heterocycles. The maximum Gasteiger partial charge on any atom is 0.490 e. The molecule has 11 nitrogen and oxygen atoms in total. The maximum absolute atomic E-state index is 11.5. The van der Waals surface area contributed by atoms with Crippen molar-refractivity contribution in [1.29, 1.82) is 0 Å². The Hall–Kier alpha value is -3.80. The summed E-state index contributed by atoms with van der Waals surface area (Å²) >= 11 is 5.97. The van der Waals surface area contributed by atoms with E-state index in [9.17, 15) is 36.2 Å². The second kappa shape index (κ2) is 18.5. The van der Waals surface area contributed by atoms with E-state index < -0.39 is 29.9 Å². The van der Waals surface area contributed by atoms with Crippen molar-refractivity contribution in [1.82, 2.24) is 10.2 Å². The molecule has 1 saturated heterocycles. The van der Waals surface area contributed by atoms with Crippen LogP contribution in [0.4, 0.5) is 32.0 Å². The molecule has 1 aliphatic heterocycles. The Morgan fingerprint density at radius 2 is 1.47 bits per heavy atom. The molecule has 1 fully saturated rings. The second-order valence-electron chi connectivity index (χ2n) is 10.5. The molecule has 1 amide bonds. The van der Waals surface area contributed by atoms with Crippen LogP contribution >= 0.6 is 11.6 Å². The Bertz CT molecular complexity index is 1280. The van der Waals surface area contributed by atoms with Crippen molar-refractivity contribution in [2.75, 3.05) is 38.7 Å². The lowest BCUT2D eigenvalue weighted by atomic mass is 10.0. The van der Waals surface area contributed by atoms with Gasteiger partial charge in [-0.15, -0.1) is 0 Å². The van der Waals surface area contributed by atoms with Gasteiger partial charge in [0.05, 0.1) is 12.8 Å². The van der Waals surface area contributed by atoms with E-state index in [1.807, 2.05) is 12.1 Å². The standard InChI is InChI=1S/C25H34ClN3O4.2C2HF3O2/c1-18(30)28-23-9-8-22(32-3)14-24(23)33-17-25(2,31)16-27-21-10-12-29(13-11-21)15-19-4-6-20(26)7-5-19;2*3-2(4,5)1(6)7/h4-9,14,21,27,31H,10-13,15-17H2,1-3H3,(H,28,30);2*(H,6,7)/t25-;;/m0../s1. The molecule has 2 aromatic rings. The zero-order chi connectivity index (χ0) is 36.0. The summed E-state index contributed by atoms with van der Waals surface area (Å²) in [5, 5.41) is 32.1. The Morgan fingerprint density at radius 3 is 1.91 bits per heavy atom. The number of aliphatic hydroxyl groups is 1. The quantitative estimate of drug-likeness (QED) is 0.214. The molecule has 0 saturated carbocycles. The van der Waals surface area contributed by atoms with Crippen LogP contribution in [-0.4, -0.2) is 95.4 Å². The lowest BCUT2D eigenvalue weighted by Crippen LogP contribution is -2.49. The van der Waals surface area contributed by atoms with Crippen LogP contribution in [0, 0.1) is 0 Å². The topological polar surface area (TPSA) is 158 Å². The monoisotopic (exact) mass is 703 g/mol. The van der Waals surface area contributed by atoms with Crippen LogP contribution in [0.15, 0.2) is 42.5 Å². The van der Waals surface area contributed by atoms with E-state index in [0.717, 1.165) is 37.5 Å². The summed E-state index contributed by atoms with van der Waals surface area (Å²) in [6.45, 7) is 6.60. The zero-order valence-electron chi connectivity index (χ0n) is 25.5. The molecule has 47 heavy (non-hydrogen) atoms. The van der Waals surface area contributed by atoms with Crippen LogP contribution in [0.3, 0.4) is 0 Å². The smallest absolute Gasteiger partial charge is 0.490 e. The van der Waals surface area contributed by atoms with E-state index >= 15 is 0 Å². The van der Waals surface area contributed by atoms with E-state index in [4.69, 9.17) is 40.9 Å². The van der Waals surface area contributed by atoms with Crippen LogP contribution in [-0.2, 0) is 20.9 Å². The van der Waals surface area contributed by atoms with Crippen molar-refractivity contribution < 1.29 is 65.5 Å². The molecular weight excluding hydrogens is 668 g/mol. The van der Waals surface area contributed by atoms with E-state index in [1.165, 1.54) is 12.5 Å². The number of nitrogens with zero attached hydrogens (tertiary/aromatic N) is 1. The van der Waals surface area contributed by atoms with Crippen LogP contribution in [0.1, 0.15) is 32.3 Å². The van der Waals surface area contributed by atoms with Gasteiger partial charge >= 0.3 is 24.3 Å². The summed E-state index contributed by atoms with van der Waals surface area (Å²) in [5.74, 6) is -4.64. The molecule has 264 valence electrons. The molecule has 18 heteroatoms. The molecule has 3 rings (SSSR count). The van der Waals surface area contributed by atoms with Crippen LogP contribution < -0.4 is 20.1 Å². The number of benzene rings is 2.